The number of hydrogen-bond acceptors (Lipinski definition) is 9. The molecular weight excluding hydrogens is 542 g/mol. The van der Waals surface area contributed by atoms with Crippen molar-refractivity contribution in [2.24, 2.45) is 0 Å². The molecule has 2 aromatic carbocycles. The van der Waals surface area contributed by atoms with Gasteiger partial charge in [-0.15, -0.1) is 0 Å². The first-order valence-electron chi connectivity index (χ1n) is 13.8. The molecule has 0 fully saturated rings. The molecule has 0 spiro atoms. The number of esters is 2. The van der Waals surface area contributed by atoms with Crippen LogP contribution in [-0.2, 0) is 19.1 Å². The largest absolute Gasteiger partial charge is 0.497 e. The third kappa shape index (κ3) is 6.96. The fraction of sp³-hybridized carbons (Fsp3) is 0.406. The molecule has 0 bridgehead atoms. The highest BCUT2D eigenvalue weighted by Crippen LogP contribution is 2.47. The van der Waals surface area contributed by atoms with Gasteiger partial charge >= 0.3 is 11.9 Å². The molecule has 218 valence electrons. The molecule has 0 radical (unpaired) electrons. The average Bonchev–Trinajstić information content (AvgIpc) is 2.95. The van der Waals surface area contributed by atoms with Crippen molar-refractivity contribution < 1.29 is 33.3 Å². The molecule has 0 aromatic heterocycles. The Morgan fingerprint density at radius 3 is 2.41 bits per heavy atom. The number of ketones is 1. The second-order valence-electron chi connectivity index (χ2n) is 9.86. The predicted octanol–water partition coefficient (Wildman–Crippen LogP) is 5.68. The van der Waals surface area contributed by atoms with Crippen molar-refractivity contribution in [3.05, 3.63) is 76.1 Å². The number of hydrogen-bond donors (Lipinski definition) is 1. The number of methoxy groups -OCH3 is 1. The van der Waals surface area contributed by atoms with Crippen LogP contribution in [0.25, 0.3) is 0 Å². The Bertz CT molecular complexity index is 1360. The summed E-state index contributed by atoms with van der Waals surface area (Å²) in [5, 5.41) is 3.39. The average molecular weight is 580 g/mol. The third-order valence-corrected chi connectivity index (χ3v) is 8.02. The molecule has 4 rings (SSSR count). The lowest BCUT2D eigenvalue weighted by Gasteiger charge is -2.37. The number of allylic oxidation sites excluding steroid dienone is 3. The van der Waals surface area contributed by atoms with E-state index >= 15 is 0 Å². The smallest absolute Gasteiger partial charge is 0.336 e. The van der Waals surface area contributed by atoms with Gasteiger partial charge in [0.15, 0.2) is 17.3 Å². The fourth-order valence-corrected chi connectivity index (χ4v) is 5.87. The highest BCUT2D eigenvalue weighted by molar-refractivity contribution is 7.99. The summed E-state index contributed by atoms with van der Waals surface area (Å²) in [5.41, 5.74) is 4.12. The van der Waals surface area contributed by atoms with Crippen LogP contribution >= 0.6 is 11.8 Å². The summed E-state index contributed by atoms with van der Waals surface area (Å²) in [7, 11) is 1.62. The van der Waals surface area contributed by atoms with Crippen LogP contribution < -0.4 is 19.5 Å². The van der Waals surface area contributed by atoms with E-state index in [9.17, 15) is 14.4 Å². The van der Waals surface area contributed by atoms with Gasteiger partial charge in [-0.25, -0.2) is 4.79 Å². The molecule has 0 saturated heterocycles. The number of thioether (sulfide) groups is 1. The van der Waals surface area contributed by atoms with Crippen molar-refractivity contribution in [2.75, 3.05) is 31.8 Å². The number of carbonyl (C=O) groups excluding carboxylic acids is 3. The van der Waals surface area contributed by atoms with Crippen molar-refractivity contribution in [2.45, 2.75) is 52.4 Å². The minimum atomic E-state index is -0.660. The lowest BCUT2D eigenvalue weighted by molar-refractivity contribution is -0.138. The molecule has 0 amide bonds. The van der Waals surface area contributed by atoms with E-state index in [2.05, 4.69) is 12.2 Å². The zero-order valence-corrected chi connectivity index (χ0v) is 25.0. The maximum atomic E-state index is 13.9. The number of Topliss-reactive ketones (excluding diaryl/α,β-unsaturated/α-hetero) is 1. The Balaban J connectivity index is 1.76. The molecule has 2 aromatic rings. The predicted molar refractivity (Wildman–Crippen MR) is 158 cm³/mol. The topological polar surface area (TPSA) is 100 Å². The first-order valence-corrected chi connectivity index (χ1v) is 15.0. The Morgan fingerprint density at radius 2 is 1.76 bits per heavy atom. The number of benzene rings is 2. The van der Waals surface area contributed by atoms with E-state index < -0.39 is 17.9 Å². The van der Waals surface area contributed by atoms with Crippen molar-refractivity contribution in [3.8, 4) is 17.2 Å². The van der Waals surface area contributed by atoms with E-state index in [1.54, 1.807) is 37.1 Å². The minimum Gasteiger partial charge on any atom is -0.497 e. The maximum absolute atomic E-state index is 13.9. The van der Waals surface area contributed by atoms with E-state index in [0.29, 0.717) is 53.4 Å². The maximum Gasteiger partial charge on any atom is 0.336 e. The molecule has 1 aliphatic carbocycles. The highest BCUT2D eigenvalue weighted by atomic mass is 32.2. The lowest BCUT2D eigenvalue weighted by Crippen LogP contribution is -2.36. The second kappa shape index (κ2) is 13.8. The standard InChI is InChI=1S/C32H37NO7S/c1-6-38-28-18-22(10-13-27(28)40-20(4)34)30-29(32(36)39-14-15-41-7-2)19(3)33-25-16-23(17-26(35)31(25)30)21-8-11-24(37-5)12-9-21/h8-13,18,23,30,33H,6-7,14-17H2,1-5H3/t23-,30-/m1/s1. The van der Waals surface area contributed by atoms with Crippen LogP contribution in [0.1, 0.15) is 63.5 Å². The molecule has 1 aliphatic heterocycles. The third-order valence-electron chi connectivity index (χ3n) is 7.15. The SMILES string of the molecule is CCOc1cc([C@@H]2C(C(=O)OCCSCC)=C(C)NC3=C2C(=O)C[C@H](c2ccc(OC)cc2)C3)ccc1OC(C)=O. The van der Waals surface area contributed by atoms with Gasteiger partial charge in [0.05, 0.1) is 19.3 Å². The Hall–Kier alpha value is -3.72. The molecule has 9 heteroatoms. The Kier molecular flexibility index (Phi) is 10.2. The van der Waals surface area contributed by atoms with E-state index in [4.69, 9.17) is 18.9 Å². The van der Waals surface area contributed by atoms with Crippen molar-refractivity contribution in [1.29, 1.82) is 0 Å². The van der Waals surface area contributed by atoms with Crippen LogP contribution in [0.4, 0.5) is 0 Å². The summed E-state index contributed by atoms with van der Waals surface area (Å²) in [6.07, 6.45) is 0.919. The number of rotatable bonds is 11. The van der Waals surface area contributed by atoms with Crippen molar-refractivity contribution in [1.82, 2.24) is 5.32 Å². The molecule has 1 N–H and O–H groups in total. The summed E-state index contributed by atoms with van der Waals surface area (Å²) >= 11 is 1.69. The van der Waals surface area contributed by atoms with Crippen LogP contribution in [-0.4, -0.2) is 49.6 Å². The lowest BCUT2D eigenvalue weighted by atomic mass is 9.71. The molecular formula is C32H37NO7S. The first kappa shape index (κ1) is 30.2. The van der Waals surface area contributed by atoms with Gasteiger partial charge in [0.25, 0.3) is 0 Å². The molecule has 2 atom stereocenters. The molecule has 1 heterocycles. The first-order chi connectivity index (χ1) is 19.8. The van der Waals surface area contributed by atoms with E-state index in [0.717, 1.165) is 22.8 Å². The zero-order chi connectivity index (χ0) is 29.5. The summed E-state index contributed by atoms with van der Waals surface area (Å²) in [6.45, 7) is 7.67. The summed E-state index contributed by atoms with van der Waals surface area (Å²) < 4.78 is 22.1. The summed E-state index contributed by atoms with van der Waals surface area (Å²) in [4.78, 5) is 39.1. The van der Waals surface area contributed by atoms with Gasteiger partial charge in [0.2, 0.25) is 0 Å². The van der Waals surface area contributed by atoms with Crippen LogP contribution in [0, 0.1) is 0 Å². The Labute approximate surface area is 245 Å². The van der Waals surface area contributed by atoms with Gasteiger partial charge in [-0.2, -0.15) is 11.8 Å². The number of dihydropyridines is 1. The van der Waals surface area contributed by atoms with Crippen molar-refractivity contribution in [3.63, 3.8) is 0 Å². The highest BCUT2D eigenvalue weighted by Gasteiger charge is 2.41. The number of nitrogens with one attached hydrogen (secondary N) is 1. The molecule has 2 aliphatic rings. The number of ether oxygens (including phenoxy) is 4. The molecule has 41 heavy (non-hydrogen) atoms. The van der Waals surface area contributed by atoms with Crippen LogP contribution in [0.15, 0.2) is 65.0 Å². The molecule has 8 nitrogen and oxygen atoms in total. The van der Waals surface area contributed by atoms with Crippen LogP contribution in [0.5, 0.6) is 17.2 Å². The second-order valence-corrected chi connectivity index (χ2v) is 11.2. The van der Waals surface area contributed by atoms with Gasteiger partial charge in [0, 0.05) is 42.0 Å². The van der Waals surface area contributed by atoms with E-state index in [1.807, 2.05) is 38.1 Å². The van der Waals surface area contributed by atoms with Crippen molar-refractivity contribution >= 4 is 29.5 Å². The van der Waals surface area contributed by atoms with Gasteiger partial charge in [-0.1, -0.05) is 25.1 Å². The van der Waals surface area contributed by atoms with Gasteiger partial charge in [0.1, 0.15) is 12.4 Å². The zero-order valence-electron chi connectivity index (χ0n) is 24.2. The summed E-state index contributed by atoms with van der Waals surface area (Å²) in [5.74, 6) is 1.38. The Morgan fingerprint density at radius 1 is 1.02 bits per heavy atom. The number of carbonyl (C=O) groups is 3. The van der Waals surface area contributed by atoms with Gasteiger partial charge < -0.3 is 24.3 Å². The fourth-order valence-electron chi connectivity index (χ4n) is 5.38. The quantitative estimate of drug-likeness (QED) is 0.205. The van der Waals surface area contributed by atoms with Crippen LogP contribution in [0.2, 0.25) is 0 Å². The molecule has 0 saturated carbocycles. The summed E-state index contributed by atoms with van der Waals surface area (Å²) in [6, 6.07) is 13.0. The minimum absolute atomic E-state index is 0.0157. The van der Waals surface area contributed by atoms with E-state index in [-0.39, 0.29) is 24.1 Å². The van der Waals surface area contributed by atoms with E-state index in [1.165, 1.54) is 6.92 Å². The normalized spacial score (nSPS) is 18.4. The van der Waals surface area contributed by atoms with Gasteiger partial charge in [-0.3, -0.25) is 9.59 Å². The van der Waals surface area contributed by atoms with Gasteiger partial charge in [-0.05, 0) is 67.3 Å². The molecule has 0 unspecified atom stereocenters. The van der Waals surface area contributed by atoms with Crippen LogP contribution in [0.3, 0.4) is 0 Å². The monoisotopic (exact) mass is 579 g/mol.